The highest BCUT2D eigenvalue weighted by molar-refractivity contribution is 5.94. The highest BCUT2D eigenvalue weighted by Gasteiger charge is 2.28. The molecular weight excluding hydrogens is 460 g/mol. The summed E-state index contributed by atoms with van der Waals surface area (Å²) < 4.78 is 12.1. The average molecular weight is 489 g/mol. The van der Waals surface area contributed by atoms with Crippen LogP contribution in [0.5, 0.6) is 0 Å². The largest absolute Gasteiger partial charge is 0.457 e. The van der Waals surface area contributed by atoms with Crippen LogP contribution in [0.3, 0.4) is 0 Å². The highest BCUT2D eigenvalue weighted by atomic mass is 16.6. The Hall–Kier alpha value is -3.76. The first-order valence-electron chi connectivity index (χ1n) is 12.2. The summed E-state index contributed by atoms with van der Waals surface area (Å²) in [5.41, 5.74) is 6.69. The summed E-state index contributed by atoms with van der Waals surface area (Å²) in [6.07, 6.45) is 3.53. The molecule has 2 saturated heterocycles. The van der Waals surface area contributed by atoms with Gasteiger partial charge in [-0.25, -0.2) is 19.3 Å². The van der Waals surface area contributed by atoms with Gasteiger partial charge in [0.1, 0.15) is 13.2 Å². The molecule has 1 amide bonds. The lowest BCUT2D eigenvalue weighted by Gasteiger charge is -2.34. The van der Waals surface area contributed by atoms with Gasteiger partial charge in [0.05, 0.1) is 24.0 Å². The molecule has 0 bridgehead atoms. The Kier molecular flexibility index (Phi) is 5.69. The van der Waals surface area contributed by atoms with E-state index in [1.165, 1.54) is 5.56 Å². The van der Waals surface area contributed by atoms with E-state index in [0.29, 0.717) is 31.1 Å². The minimum Gasteiger partial charge on any atom is -0.457 e. The number of hydrogen-bond donors (Lipinski definition) is 1. The Morgan fingerprint density at radius 3 is 2.86 bits per heavy atom. The molecule has 3 aliphatic rings. The molecule has 186 valence electrons. The average Bonchev–Trinajstić information content (AvgIpc) is 3.60. The third-order valence-corrected chi connectivity index (χ3v) is 7.12. The molecule has 1 atom stereocenters. The van der Waals surface area contributed by atoms with E-state index < -0.39 is 0 Å². The van der Waals surface area contributed by atoms with Gasteiger partial charge in [-0.05, 0) is 37.1 Å². The predicted molar refractivity (Wildman–Crippen MR) is 131 cm³/mol. The molecule has 6 rings (SSSR count). The van der Waals surface area contributed by atoms with Crippen LogP contribution in [0.15, 0.2) is 36.7 Å². The van der Waals surface area contributed by atoms with Gasteiger partial charge in [-0.2, -0.15) is 5.10 Å². The summed E-state index contributed by atoms with van der Waals surface area (Å²) >= 11 is 0. The van der Waals surface area contributed by atoms with Gasteiger partial charge in [0, 0.05) is 61.3 Å². The summed E-state index contributed by atoms with van der Waals surface area (Å²) in [4.78, 5) is 32.6. The van der Waals surface area contributed by atoms with Crippen molar-refractivity contribution in [1.82, 2.24) is 25.0 Å². The van der Waals surface area contributed by atoms with Gasteiger partial charge < -0.3 is 14.8 Å². The number of cyclic esters (lactones) is 2. The second-order valence-corrected chi connectivity index (χ2v) is 9.51. The number of rotatable bonds is 5. The van der Waals surface area contributed by atoms with Crippen molar-refractivity contribution in [1.29, 1.82) is 0 Å². The standard InChI is InChI=1S/C26H28N6O4/c1-16-9-19(31-7-8-35-26(31)34)10-24(29-16)32-13-18(11-28-32)12-30-6-5-27-23(14-30)20-3-4-21-22(17(20)2)15-36-25(21)33/h3-4,9-11,13,23,27H,5-8,12,14-15H2,1-2H3/t23-/m0/s1. The maximum Gasteiger partial charge on any atom is 0.414 e. The number of esters is 1. The number of nitrogens with zero attached hydrogens (tertiary/aromatic N) is 5. The van der Waals surface area contributed by atoms with Crippen LogP contribution in [0, 0.1) is 13.8 Å². The monoisotopic (exact) mass is 488 g/mol. The third-order valence-electron chi connectivity index (χ3n) is 7.12. The number of pyridine rings is 1. The first-order chi connectivity index (χ1) is 17.5. The molecule has 0 spiro atoms. The lowest BCUT2D eigenvalue weighted by Crippen LogP contribution is -2.45. The molecule has 36 heavy (non-hydrogen) atoms. The molecule has 1 N–H and O–H groups in total. The molecule has 10 heteroatoms. The maximum absolute atomic E-state index is 12.0. The SMILES string of the molecule is Cc1cc(N2CCOC2=O)cc(-n2cc(CN3CCN[C@H](c4ccc5c(c4C)COC5=O)C3)cn2)n1. The number of amides is 1. The summed E-state index contributed by atoms with van der Waals surface area (Å²) in [6.45, 7) is 8.68. The van der Waals surface area contributed by atoms with Crippen molar-refractivity contribution >= 4 is 17.7 Å². The normalized spacial score (nSPS) is 19.9. The molecule has 2 aromatic heterocycles. The third kappa shape index (κ3) is 4.12. The number of anilines is 1. The van der Waals surface area contributed by atoms with Crippen molar-refractivity contribution in [3.63, 3.8) is 0 Å². The van der Waals surface area contributed by atoms with Gasteiger partial charge in [-0.1, -0.05) is 6.07 Å². The number of piperazine rings is 1. The highest BCUT2D eigenvalue weighted by Crippen LogP contribution is 2.30. The number of carbonyl (C=O) groups is 2. The van der Waals surface area contributed by atoms with Crippen molar-refractivity contribution in [2.24, 2.45) is 0 Å². The minimum atomic E-state index is -0.335. The minimum absolute atomic E-state index is 0.177. The van der Waals surface area contributed by atoms with Crippen molar-refractivity contribution in [2.75, 3.05) is 37.7 Å². The van der Waals surface area contributed by atoms with Gasteiger partial charge in [-0.3, -0.25) is 9.80 Å². The number of benzene rings is 1. The fourth-order valence-corrected chi connectivity index (χ4v) is 5.27. The zero-order valence-electron chi connectivity index (χ0n) is 20.4. The van der Waals surface area contributed by atoms with Crippen LogP contribution in [0.4, 0.5) is 10.5 Å². The van der Waals surface area contributed by atoms with E-state index in [2.05, 4.69) is 33.3 Å². The quantitative estimate of drug-likeness (QED) is 0.547. The lowest BCUT2D eigenvalue weighted by atomic mass is 9.93. The molecule has 0 saturated carbocycles. The Morgan fingerprint density at radius 1 is 1.14 bits per heavy atom. The number of carbonyl (C=O) groups excluding carboxylic acids is 2. The van der Waals surface area contributed by atoms with Crippen LogP contribution in [0.1, 0.15) is 44.3 Å². The number of ether oxygens (including phenoxy) is 2. The molecule has 3 aromatic rings. The fourth-order valence-electron chi connectivity index (χ4n) is 5.27. The van der Waals surface area contributed by atoms with Crippen LogP contribution in [-0.2, 0) is 22.6 Å². The van der Waals surface area contributed by atoms with Crippen LogP contribution < -0.4 is 10.2 Å². The molecule has 0 radical (unpaired) electrons. The van der Waals surface area contributed by atoms with E-state index >= 15 is 0 Å². The van der Waals surface area contributed by atoms with Crippen molar-refractivity contribution in [3.8, 4) is 5.82 Å². The van der Waals surface area contributed by atoms with Gasteiger partial charge in [0.25, 0.3) is 0 Å². The summed E-state index contributed by atoms with van der Waals surface area (Å²) in [7, 11) is 0. The van der Waals surface area contributed by atoms with Crippen LogP contribution in [0.2, 0.25) is 0 Å². The molecule has 1 aromatic carbocycles. The second-order valence-electron chi connectivity index (χ2n) is 9.51. The van der Waals surface area contributed by atoms with Crippen LogP contribution in [-0.4, -0.2) is 64.5 Å². The fraction of sp³-hybridized carbons (Fsp3) is 0.385. The summed E-state index contributed by atoms with van der Waals surface area (Å²) in [5.74, 6) is 0.435. The molecule has 3 aliphatic heterocycles. The van der Waals surface area contributed by atoms with Crippen LogP contribution in [0.25, 0.3) is 5.82 Å². The Labute approximate surface area is 208 Å². The Morgan fingerprint density at radius 2 is 2.03 bits per heavy atom. The van der Waals surface area contributed by atoms with Gasteiger partial charge in [-0.15, -0.1) is 0 Å². The van der Waals surface area contributed by atoms with Crippen molar-refractivity contribution < 1.29 is 19.1 Å². The first-order valence-corrected chi connectivity index (χ1v) is 12.2. The number of fused-ring (bicyclic) bond motifs is 1. The molecule has 5 heterocycles. The summed E-state index contributed by atoms with van der Waals surface area (Å²) in [5, 5.41) is 8.18. The van der Waals surface area contributed by atoms with E-state index in [-0.39, 0.29) is 18.1 Å². The lowest BCUT2D eigenvalue weighted by molar-refractivity contribution is 0.0535. The van der Waals surface area contributed by atoms with Crippen LogP contribution >= 0.6 is 0 Å². The molecule has 0 aliphatic carbocycles. The van der Waals surface area contributed by atoms with E-state index in [4.69, 9.17) is 9.47 Å². The zero-order chi connectivity index (χ0) is 24.8. The van der Waals surface area contributed by atoms with E-state index in [9.17, 15) is 9.59 Å². The number of nitrogens with one attached hydrogen (secondary N) is 1. The zero-order valence-corrected chi connectivity index (χ0v) is 20.4. The molecular formula is C26H28N6O4. The smallest absolute Gasteiger partial charge is 0.414 e. The van der Waals surface area contributed by atoms with E-state index in [1.54, 1.807) is 9.58 Å². The maximum atomic E-state index is 12.0. The summed E-state index contributed by atoms with van der Waals surface area (Å²) in [6, 6.07) is 7.86. The molecule has 2 fully saturated rings. The first kappa shape index (κ1) is 22.7. The topological polar surface area (TPSA) is 102 Å². The number of aryl methyl sites for hydroxylation is 1. The van der Waals surface area contributed by atoms with E-state index in [1.807, 2.05) is 37.5 Å². The number of hydrogen-bond acceptors (Lipinski definition) is 8. The van der Waals surface area contributed by atoms with E-state index in [0.717, 1.165) is 54.3 Å². The number of aromatic nitrogens is 3. The Balaban J connectivity index is 1.17. The molecule has 0 unspecified atom stereocenters. The van der Waals surface area contributed by atoms with Gasteiger partial charge >= 0.3 is 12.1 Å². The Bertz CT molecular complexity index is 1350. The van der Waals surface area contributed by atoms with Crippen molar-refractivity contribution in [2.45, 2.75) is 33.0 Å². The second kappa shape index (κ2) is 9.03. The molecule has 10 nitrogen and oxygen atoms in total. The predicted octanol–water partition coefficient (Wildman–Crippen LogP) is 2.66. The van der Waals surface area contributed by atoms with Crippen molar-refractivity contribution in [3.05, 3.63) is 70.2 Å². The van der Waals surface area contributed by atoms with Gasteiger partial charge in [0.2, 0.25) is 0 Å². The van der Waals surface area contributed by atoms with Gasteiger partial charge in [0.15, 0.2) is 5.82 Å².